The van der Waals surface area contributed by atoms with Crippen molar-refractivity contribution in [3.05, 3.63) is 63.2 Å². The van der Waals surface area contributed by atoms with Gasteiger partial charge in [0.15, 0.2) is 6.61 Å². The number of hydrogen-bond donors (Lipinski definition) is 1. The standard InChI is InChI=1S/C20H17IN2O5/c21-13-5-3-6-14(11-13)22-17(24)12-28-18(25)9-4-10-23-19(26)15-7-1-2-8-16(15)20(23)27/h1-3,5-8,11H,4,9-10,12H2,(H,22,24). The number of esters is 1. The molecule has 0 saturated heterocycles. The minimum atomic E-state index is -0.561. The monoisotopic (exact) mass is 492 g/mol. The number of carbonyl (C=O) groups is 4. The smallest absolute Gasteiger partial charge is 0.306 e. The number of nitrogens with zero attached hydrogens (tertiary/aromatic N) is 1. The van der Waals surface area contributed by atoms with Crippen molar-refractivity contribution in [1.29, 1.82) is 0 Å². The van der Waals surface area contributed by atoms with Crippen molar-refractivity contribution < 1.29 is 23.9 Å². The predicted molar refractivity (Wildman–Crippen MR) is 110 cm³/mol. The lowest BCUT2D eigenvalue weighted by Gasteiger charge is -2.13. The second-order valence-corrected chi connectivity index (χ2v) is 7.38. The van der Waals surface area contributed by atoms with Crippen molar-refractivity contribution in [2.24, 2.45) is 0 Å². The maximum atomic E-state index is 12.2. The molecule has 0 unspecified atom stereocenters. The van der Waals surface area contributed by atoms with Crippen LogP contribution in [0.2, 0.25) is 0 Å². The molecule has 0 spiro atoms. The molecule has 2 aromatic carbocycles. The number of amides is 3. The third-order valence-electron chi connectivity index (χ3n) is 4.11. The molecule has 0 aromatic heterocycles. The molecule has 3 amide bonds. The van der Waals surface area contributed by atoms with Crippen LogP contribution in [0.5, 0.6) is 0 Å². The summed E-state index contributed by atoms with van der Waals surface area (Å²) in [5, 5.41) is 2.64. The lowest BCUT2D eigenvalue weighted by molar-refractivity contribution is -0.147. The molecule has 1 heterocycles. The first-order valence-corrected chi connectivity index (χ1v) is 9.70. The van der Waals surface area contributed by atoms with E-state index >= 15 is 0 Å². The molecule has 1 aliphatic rings. The Labute approximate surface area is 175 Å². The zero-order chi connectivity index (χ0) is 20.1. The summed E-state index contributed by atoms with van der Waals surface area (Å²) in [6.45, 7) is -0.270. The molecule has 0 bridgehead atoms. The van der Waals surface area contributed by atoms with Crippen LogP contribution >= 0.6 is 22.6 Å². The van der Waals surface area contributed by atoms with E-state index in [0.29, 0.717) is 16.8 Å². The maximum Gasteiger partial charge on any atom is 0.306 e. The van der Waals surface area contributed by atoms with Crippen molar-refractivity contribution in [1.82, 2.24) is 4.90 Å². The number of anilines is 1. The fourth-order valence-electron chi connectivity index (χ4n) is 2.81. The molecule has 7 nitrogen and oxygen atoms in total. The summed E-state index contributed by atoms with van der Waals surface area (Å²) < 4.78 is 5.92. The van der Waals surface area contributed by atoms with Crippen LogP contribution in [0, 0.1) is 3.57 Å². The van der Waals surface area contributed by atoms with Gasteiger partial charge in [0.2, 0.25) is 0 Å². The Morgan fingerprint density at radius 1 is 1.00 bits per heavy atom. The van der Waals surface area contributed by atoms with Gasteiger partial charge < -0.3 is 10.1 Å². The van der Waals surface area contributed by atoms with E-state index < -0.39 is 18.5 Å². The average Bonchev–Trinajstić information content (AvgIpc) is 2.91. The SMILES string of the molecule is O=C(COC(=O)CCCN1C(=O)c2ccccc2C1=O)Nc1cccc(I)c1. The fourth-order valence-corrected chi connectivity index (χ4v) is 3.35. The van der Waals surface area contributed by atoms with Gasteiger partial charge in [-0.3, -0.25) is 24.1 Å². The highest BCUT2D eigenvalue weighted by Crippen LogP contribution is 2.22. The first-order chi connectivity index (χ1) is 13.5. The molecule has 3 rings (SSSR count). The molecule has 1 aliphatic heterocycles. The van der Waals surface area contributed by atoms with Gasteiger partial charge in [0, 0.05) is 22.2 Å². The maximum absolute atomic E-state index is 12.2. The lowest BCUT2D eigenvalue weighted by Crippen LogP contribution is -2.31. The van der Waals surface area contributed by atoms with Crippen LogP contribution in [0.25, 0.3) is 0 Å². The summed E-state index contributed by atoms with van der Waals surface area (Å²) >= 11 is 2.13. The van der Waals surface area contributed by atoms with Crippen LogP contribution in [0.15, 0.2) is 48.5 Å². The Balaban J connectivity index is 1.40. The number of benzene rings is 2. The van der Waals surface area contributed by atoms with E-state index in [1.165, 1.54) is 0 Å². The molecule has 0 saturated carbocycles. The van der Waals surface area contributed by atoms with E-state index in [-0.39, 0.29) is 31.2 Å². The van der Waals surface area contributed by atoms with Crippen molar-refractivity contribution in [2.45, 2.75) is 12.8 Å². The minimum absolute atomic E-state index is 0.00389. The molecule has 0 atom stereocenters. The normalized spacial score (nSPS) is 12.7. The highest BCUT2D eigenvalue weighted by Gasteiger charge is 2.34. The number of nitrogens with one attached hydrogen (secondary N) is 1. The molecule has 1 N–H and O–H groups in total. The zero-order valence-corrected chi connectivity index (χ0v) is 17.0. The Hall–Kier alpha value is -2.75. The van der Waals surface area contributed by atoms with Crippen molar-refractivity contribution in [2.75, 3.05) is 18.5 Å². The predicted octanol–water partition coefficient (Wildman–Crippen LogP) is 2.85. The van der Waals surface area contributed by atoms with E-state index in [9.17, 15) is 19.2 Å². The third-order valence-corrected chi connectivity index (χ3v) is 4.78. The van der Waals surface area contributed by atoms with Crippen molar-refractivity contribution >= 4 is 52.0 Å². The minimum Gasteiger partial charge on any atom is -0.456 e. The number of halogens is 1. The molecule has 0 aliphatic carbocycles. The largest absolute Gasteiger partial charge is 0.456 e. The van der Waals surface area contributed by atoms with Crippen LogP contribution in [0.1, 0.15) is 33.6 Å². The van der Waals surface area contributed by atoms with Crippen molar-refractivity contribution in [3.63, 3.8) is 0 Å². The van der Waals surface area contributed by atoms with Gasteiger partial charge in [0.1, 0.15) is 0 Å². The summed E-state index contributed by atoms with van der Waals surface area (Å²) in [7, 11) is 0. The van der Waals surface area contributed by atoms with Gasteiger partial charge in [0.05, 0.1) is 11.1 Å². The molecule has 144 valence electrons. The number of carbonyl (C=O) groups excluding carboxylic acids is 4. The summed E-state index contributed by atoms with van der Waals surface area (Å²) in [6, 6.07) is 13.9. The summed E-state index contributed by atoms with van der Waals surface area (Å²) in [5.41, 5.74) is 1.38. The Kier molecular flexibility index (Phi) is 6.40. The van der Waals surface area contributed by atoms with Gasteiger partial charge in [-0.05, 0) is 59.3 Å². The second-order valence-electron chi connectivity index (χ2n) is 6.13. The highest BCUT2D eigenvalue weighted by atomic mass is 127. The summed E-state index contributed by atoms with van der Waals surface area (Å²) in [6.07, 6.45) is 0.271. The Morgan fingerprint density at radius 2 is 1.68 bits per heavy atom. The van der Waals surface area contributed by atoms with E-state index in [1.807, 2.05) is 12.1 Å². The van der Waals surface area contributed by atoms with Crippen LogP contribution in [-0.2, 0) is 14.3 Å². The molecule has 0 radical (unpaired) electrons. The van der Waals surface area contributed by atoms with Gasteiger partial charge in [-0.2, -0.15) is 0 Å². The van der Waals surface area contributed by atoms with Gasteiger partial charge >= 0.3 is 5.97 Å². The first-order valence-electron chi connectivity index (χ1n) is 8.62. The van der Waals surface area contributed by atoms with Gasteiger partial charge in [-0.1, -0.05) is 18.2 Å². The summed E-state index contributed by atoms with van der Waals surface area (Å²) in [4.78, 5) is 49.2. The van der Waals surface area contributed by atoms with Crippen LogP contribution in [-0.4, -0.2) is 41.7 Å². The van der Waals surface area contributed by atoms with Crippen LogP contribution in [0.4, 0.5) is 5.69 Å². The molecule has 28 heavy (non-hydrogen) atoms. The zero-order valence-electron chi connectivity index (χ0n) is 14.8. The number of hydrogen-bond acceptors (Lipinski definition) is 5. The Bertz CT molecular complexity index is 909. The third kappa shape index (κ3) is 4.75. The molecule has 8 heteroatoms. The average molecular weight is 492 g/mol. The second kappa shape index (κ2) is 8.96. The van der Waals surface area contributed by atoms with E-state index in [4.69, 9.17) is 4.74 Å². The van der Waals surface area contributed by atoms with Crippen molar-refractivity contribution in [3.8, 4) is 0 Å². The van der Waals surface area contributed by atoms with E-state index in [1.54, 1.807) is 36.4 Å². The van der Waals surface area contributed by atoms with Gasteiger partial charge in [0.25, 0.3) is 17.7 Å². The van der Waals surface area contributed by atoms with Crippen LogP contribution in [0.3, 0.4) is 0 Å². The lowest BCUT2D eigenvalue weighted by atomic mass is 10.1. The number of fused-ring (bicyclic) bond motifs is 1. The number of ether oxygens (including phenoxy) is 1. The van der Waals surface area contributed by atoms with Gasteiger partial charge in [-0.25, -0.2) is 0 Å². The fraction of sp³-hybridized carbons (Fsp3) is 0.200. The molecule has 2 aromatic rings. The van der Waals surface area contributed by atoms with Crippen LogP contribution < -0.4 is 5.32 Å². The molecular weight excluding hydrogens is 475 g/mol. The quantitative estimate of drug-likeness (QED) is 0.365. The topological polar surface area (TPSA) is 92.8 Å². The molecular formula is C20H17IN2O5. The van der Waals surface area contributed by atoms with Gasteiger partial charge in [-0.15, -0.1) is 0 Å². The summed E-state index contributed by atoms with van der Waals surface area (Å²) in [5.74, 6) is -1.71. The number of imide groups is 1. The van der Waals surface area contributed by atoms with E-state index in [0.717, 1.165) is 8.47 Å². The van der Waals surface area contributed by atoms with E-state index in [2.05, 4.69) is 27.9 Å². The first kappa shape index (κ1) is 20.0. The number of rotatable bonds is 7. The molecule has 0 fully saturated rings. The highest BCUT2D eigenvalue weighted by molar-refractivity contribution is 14.1. The Morgan fingerprint density at radius 3 is 2.32 bits per heavy atom.